The van der Waals surface area contributed by atoms with Crippen LogP contribution < -0.4 is 19.9 Å². The molecule has 0 fully saturated rings. The van der Waals surface area contributed by atoms with E-state index in [1.807, 2.05) is 0 Å². The Morgan fingerprint density at radius 3 is 2.70 bits per heavy atom. The normalized spacial score (nSPS) is 11.5. The Morgan fingerprint density at radius 2 is 2.00 bits per heavy atom. The van der Waals surface area contributed by atoms with E-state index < -0.39 is 15.8 Å². The summed E-state index contributed by atoms with van der Waals surface area (Å²) in [4.78, 5) is 8.38. The smallest absolute Gasteiger partial charge is 0.209 e. The molecular formula is C19H21FN4O5S. The van der Waals surface area contributed by atoms with Crippen molar-refractivity contribution < 1.29 is 27.4 Å². The van der Waals surface area contributed by atoms with Crippen LogP contribution in [0.4, 0.5) is 15.9 Å². The van der Waals surface area contributed by atoms with E-state index in [9.17, 15) is 17.9 Å². The van der Waals surface area contributed by atoms with Crippen molar-refractivity contribution in [1.29, 1.82) is 0 Å². The fourth-order valence-electron chi connectivity index (χ4n) is 2.82. The summed E-state index contributed by atoms with van der Waals surface area (Å²) in [6.45, 7) is 1.69. The maximum atomic E-state index is 14.3. The lowest BCUT2D eigenvalue weighted by atomic mass is 10.1. The summed E-state index contributed by atoms with van der Waals surface area (Å²) in [5.41, 5.74) is 0.925. The van der Waals surface area contributed by atoms with Gasteiger partial charge in [0.2, 0.25) is 10.0 Å². The Labute approximate surface area is 172 Å². The summed E-state index contributed by atoms with van der Waals surface area (Å²) >= 11 is 0. The Bertz CT molecular complexity index is 1190. The van der Waals surface area contributed by atoms with Crippen molar-refractivity contribution in [1.82, 2.24) is 9.97 Å². The van der Waals surface area contributed by atoms with Crippen LogP contribution in [0.15, 0.2) is 30.6 Å². The van der Waals surface area contributed by atoms with Gasteiger partial charge in [-0.2, -0.15) is 0 Å². The Morgan fingerprint density at radius 1 is 1.23 bits per heavy atom. The highest BCUT2D eigenvalue weighted by Gasteiger charge is 2.15. The molecule has 0 aliphatic rings. The number of hydrogen-bond acceptors (Lipinski definition) is 8. The van der Waals surface area contributed by atoms with Gasteiger partial charge in [0, 0.05) is 17.0 Å². The maximum absolute atomic E-state index is 14.3. The first kappa shape index (κ1) is 21.5. The molecule has 0 spiro atoms. The minimum absolute atomic E-state index is 0.0509. The summed E-state index contributed by atoms with van der Waals surface area (Å²) in [5, 5.41) is 18.3. The number of halogens is 1. The first-order valence-corrected chi connectivity index (χ1v) is 10.6. The average Bonchev–Trinajstić information content (AvgIpc) is 2.70. The maximum Gasteiger partial charge on any atom is 0.209 e. The van der Waals surface area contributed by atoms with Crippen LogP contribution in [0.25, 0.3) is 10.9 Å². The van der Waals surface area contributed by atoms with Crippen LogP contribution in [-0.4, -0.2) is 43.0 Å². The molecule has 1 aromatic heterocycles. The van der Waals surface area contributed by atoms with Crippen molar-refractivity contribution in [2.45, 2.75) is 13.3 Å². The van der Waals surface area contributed by atoms with E-state index in [4.69, 9.17) is 14.6 Å². The summed E-state index contributed by atoms with van der Waals surface area (Å²) in [6.07, 6.45) is 1.52. The monoisotopic (exact) mass is 436 g/mol. The number of sulfonamides is 1. The molecule has 30 heavy (non-hydrogen) atoms. The number of nitrogens with two attached hydrogens (primary N) is 1. The highest BCUT2D eigenvalue weighted by atomic mass is 32.2. The molecule has 0 bridgehead atoms. The molecule has 0 aliphatic heterocycles. The lowest BCUT2D eigenvalue weighted by Crippen LogP contribution is -2.18. The Hall–Kier alpha value is -3.18. The van der Waals surface area contributed by atoms with Gasteiger partial charge in [-0.3, -0.25) is 0 Å². The number of phenols is 1. The predicted octanol–water partition coefficient (Wildman–Crippen LogP) is 2.59. The van der Waals surface area contributed by atoms with Crippen molar-refractivity contribution >= 4 is 32.4 Å². The van der Waals surface area contributed by atoms with Crippen molar-refractivity contribution in [2.24, 2.45) is 5.14 Å². The number of anilines is 2. The zero-order valence-electron chi connectivity index (χ0n) is 16.3. The second-order valence-electron chi connectivity index (χ2n) is 6.50. The standard InChI is InChI=1S/C19H21FN4O5S/c1-11-15(25)5-4-13(20)18(11)24-19-12-8-16(28-2)17(9-14(12)22-10-23-19)29-6-3-7-30(21,26)27/h4-5,8-10,25H,3,6-7H2,1-2H3,(H2,21,26,27)(H,22,23,24). The molecular weight excluding hydrogens is 415 g/mol. The van der Waals surface area contributed by atoms with Crippen LogP contribution in [0, 0.1) is 12.7 Å². The van der Waals surface area contributed by atoms with Crippen LogP contribution in [0.1, 0.15) is 12.0 Å². The van der Waals surface area contributed by atoms with Gasteiger partial charge >= 0.3 is 0 Å². The highest BCUT2D eigenvalue weighted by molar-refractivity contribution is 7.89. The van der Waals surface area contributed by atoms with Crippen molar-refractivity contribution in [3.63, 3.8) is 0 Å². The zero-order valence-corrected chi connectivity index (χ0v) is 17.2. The molecule has 3 rings (SSSR count). The highest BCUT2D eigenvalue weighted by Crippen LogP contribution is 2.36. The van der Waals surface area contributed by atoms with Crippen LogP contribution in [0.2, 0.25) is 0 Å². The van der Waals surface area contributed by atoms with Gasteiger partial charge in [-0.25, -0.2) is 27.9 Å². The van der Waals surface area contributed by atoms with E-state index >= 15 is 0 Å². The molecule has 1 heterocycles. The molecule has 0 radical (unpaired) electrons. The first-order chi connectivity index (χ1) is 14.2. The largest absolute Gasteiger partial charge is 0.508 e. The van der Waals surface area contributed by atoms with Gasteiger partial charge in [0.15, 0.2) is 11.5 Å². The number of fused-ring (bicyclic) bond motifs is 1. The lowest BCUT2D eigenvalue weighted by molar-refractivity contribution is 0.295. The summed E-state index contributed by atoms with van der Waals surface area (Å²) in [5.74, 6) is 0.247. The number of nitrogens with one attached hydrogen (secondary N) is 1. The van der Waals surface area contributed by atoms with Gasteiger partial charge in [-0.05, 0) is 31.5 Å². The SMILES string of the molecule is COc1cc2c(Nc3c(F)ccc(O)c3C)ncnc2cc1OCCCS(N)(=O)=O. The fraction of sp³-hybridized carbons (Fsp3) is 0.263. The second-order valence-corrected chi connectivity index (χ2v) is 8.24. The molecule has 0 saturated carbocycles. The van der Waals surface area contributed by atoms with Crippen LogP contribution >= 0.6 is 0 Å². The summed E-state index contributed by atoms with van der Waals surface area (Å²) < 4.78 is 47.3. The quantitative estimate of drug-likeness (QED) is 0.458. The number of hydrogen-bond donors (Lipinski definition) is 3. The number of primary sulfonamides is 1. The number of phenolic OH excluding ortho intramolecular Hbond substituents is 1. The molecule has 0 amide bonds. The Balaban J connectivity index is 1.93. The minimum atomic E-state index is -3.56. The number of nitrogens with zero attached hydrogens (tertiary/aromatic N) is 2. The topological polar surface area (TPSA) is 137 Å². The third kappa shape index (κ3) is 4.86. The number of aromatic nitrogens is 2. The lowest BCUT2D eigenvalue weighted by Gasteiger charge is -2.15. The molecule has 160 valence electrons. The summed E-state index contributed by atoms with van der Waals surface area (Å²) in [7, 11) is -2.11. The second kappa shape index (κ2) is 8.67. The molecule has 0 saturated heterocycles. The molecule has 2 aromatic carbocycles. The van der Waals surface area contributed by atoms with Crippen molar-refractivity contribution in [3.8, 4) is 17.2 Å². The third-order valence-corrected chi connectivity index (χ3v) is 5.24. The number of methoxy groups -OCH3 is 1. The van der Waals surface area contributed by atoms with Crippen LogP contribution in [-0.2, 0) is 10.0 Å². The number of benzene rings is 2. The van der Waals surface area contributed by atoms with Gasteiger partial charge < -0.3 is 19.9 Å². The van der Waals surface area contributed by atoms with Gasteiger partial charge in [0.1, 0.15) is 23.7 Å². The van der Waals surface area contributed by atoms with Crippen molar-refractivity contribution in [3.05, 3.63) is 42.0 Å². The van der Waals surface area contributed by atoms with Crippen LogP contribution in [0.5, 0.6) is 17.2 Å². The van der Waals surface area contributed by atoms with E-state index in [-0.39, 0.29) is 30.2 Å². The number of aromatic hydroxyl groups is 1. The molecule has 11 heteroatoms. The first-order valence-electron chi connectivity index (χ1n) is 8.90. The zero-order chi connectivity index (χ0) is 21.9. The van der Waals surface area contributed by atoms with E-state index in [0.29, 0.717) is 33.8 Å². The number of ether oxygens (including phenoxy) is 2. The fourth-order valence-corrected chi connectivity index (χ4v) is 3.34. The molecule has 9 nitrogen and oxygen atoms in total. The Kier molecular flexibility index (Phi) is 6.22. The third-order valence-electron chi connectivity index (χ3n) is 4.38. The van der Waals surface area contributed by atoms with E-state index in [0.717, 1.165) is 6.07 Å². The molecule has 3 aromatic rings. The molecule has 0 unspecified atom stereocenters. The van der Waals surface area contributed by atoms with Gasteiger partial charge in [0.05, 0.1) is 30.7 Å². The average molecular weight is 436 g/mol. The van der Waals surface area contributed by atoms with E-state index in [1.165, 1.54) is 19.5 Å². The minimum Gasteiger partial charge on any atom is -0.508 e. The van der Waals surface area contributed by atoms with E-state index in [2.05, 4.69) is 15.3 Å². The molecule has 0 aliphatic carbocycles. The summed E-state index contributed by atoms with van der Waals surface area (Å²) in [6, 6.07) is 5.67. The van der Waals surface area contributed by atoms with E-state index in [1.54, 1.807) is 19.1 Å². The van der Waals surface area contributed by atoms with Gasteiger partial charge in [0.25, 0.3) is 0 Å². The van der Waals surface area contributed by atoms with Gasteiger partial charge in [-0.1, -0.05) is 0 Å². The predicted molar refractivity (Wildman–Crippen MR) is 110 cm³/mol. The van der Waals surface area contributed by atoms with Crippen LogP contribution in [0.3, 0.4) is 0 Å². The van der Waals surface area contributed by atoms with Crippen molar-refractivity contribution in [2.75, 3.05) is 24.8 Å². The molecule has 0 atom stereocenters. The van der Waals surface area contributed by atoms with Gasteiger partial charge in [-0.15, -0.1) is 0 Å². The number of rotatable bonds is 8. The molecule has 4 N–H and O–H groups in total.